The van der Waals surface area contributed by atoms with Crippen LogP contribution in [0.25, 0.3) is 5.69 Å². The van der Waals surface area contributed by atoms with Gasteiger partial charge in [0, 0.05) is 29.8 Å². The zero-order valence-corrected chi connectivity index (χ0v) is 18.5. The molecule has 2 atom stereocenters. The van der Waals surface area contributed by atoms with Crippen molar-refractivity contribution in [1.29, 1.82) is 0 Å². The van der Waals surface area contributed by atoms with Crippen LogP contribution in [0.3, 0.4) is 0 Å². The molecule has 0 bridgehead atoms. The van der Waals surface area contributed by atoms with Crippen LogP contribution in [0.5, 0.6) is 5.75 Å². The Morgan fingerprint density at radius 1 is 1.13 bits per heavy atom. The van der Waals surface area contributed by atoms with Crippen LogP contribution in [0.4, 0.5) is 0 Å². The summed E-state index contributed by atoms with van der Waals surface area (Å²) in [7, 11) is 0. The molecule has 30 heavy (non-hydrogen) atoms. The van der Waals surface area contributed by atoms with E-state index in [1.54, 1.807) is 12.1 Å². The van der Waals surface area contributed by atoms with Gasteiger partial charge in [0.25, 0.3) is 0 Å². The number of aryl methyl sites for hydroxylation is 1. The van der Waals surface area contributed by atoms with E-state index in [2.05, 4.69) is 52.7 Å². The summed E-state index contributed by atoms with van der Waals surface area (Å²) in [5.41, 5.74) is 5.62. The number of aromatic nitrogens is 2. The van der Waals surface area contributed by atoms with Gasteiger partial charge in [-0.2, -0.15) is 0 Å². The van der Waals surface area contributed by atoms with Crippen LogP contribution in [0.1, 0.15) is 54.5 Å². The average molecular weight is 421 g/mol. The van der Waals surface area contributed by atoms with E-state index in [1.165, 1.54) is 11.3 Å². The number of benzene rings is 1. The number of phenolic OH excluding ortho intramolecular Hbond substituents is 1. The van der Waals surface area contributed by atoms with Gasteiger partial charge in [-0.3, -0.25) is 4.98 Å². The number of pyridine rings is 1. The molecule has 1 aliphatic rings. The Balaban J connectivity index is 1.81. The minimum absolute atomic E-state index is 0.00400. The maximum absolute atomic E-state index is 9.68. The molecule has 2 N–H and O–H groups in total. The molecule has 1 saturated heterocycles. The van der Waals surface area contributed by atoms with E-state index < -0.39 is 0 Å². The molecule has 0 spiro atoms. The fourth-order valence-electron chi connectivity index (χ4n) is 4.40. The van der Waals surface area contributed by atoms with Gasteiger partial charge in [-0.25, -0.2) is 0 Å². The number of thiocarbonyl (C=S) groups is 1. The van der Waals surface area contributed by atoms with E-state index in [4.69, 9.17) is 12.2 Å². The van der Waals surface area contributed by atoms with Crippen LogP contribution >= 0.6 is 12.2 Å². The molecule has 3 aromatic rings. The Kier molecular flexibility index (Phi) is 5.77. The normalized spacial score (nSPS) is 18.6. The van der Waals surface area contributed by atoms with Gasteiger partial charge in [-0.1, -0.05) is 19.4 Å². The second kappa shape index (κ2) is 8.48. The van der Waals surface area contributed by atoms with Crippen molar-refractivity contribution in [2.24, 2.45) is 0 Å². The first kappa shape index (κ1) is 20.4. The Bertz CT molecular complexity index is 1030. The van der Waals surface area contributed by atoms with Gasteiger partial charge in [0.2, 0.25) is 0 Å². The van der Waals surface area contributed by atoms with Crippen LogP contribution in [0.15, 0.2) is 54.7 Å². The topological polar surface area (TPSA) is 53.3 Å². The van der Waals surface area contributed by atoms with Crippen molar-refractivity contribution in [1.82, 2.24) is 19.8 Å². The van der Waals surface area contributed by atoms with Crippen molar-refractivity contribution in [3.63, 3.8) is 0 Å². The summed E-state index contributed by atoms with van der Waals surface area (Å²) in [5, 5.41) is 14.0. The second-order valence-corrected chi connectivity index (χ2v) is 8.24. The summed E-state index contributed by atoms with van der Waals surface area (Å²) in [6, 6.07) is 15.7. The molecule has 1 fully saturated rings. The lowest BCUT2D eigenvalue weighted by Crippen LogP contribution is -2.30. The number of hydrogen-bond donors (Lipinski definition) is 2. The summed E-state index contributed by atoms with van der Waals surface area (Å²) in [5.74, 6) is 0.271. The number of unbranched alkanes of at least 4 members (excludes halogenated alkanes) is 1. The Hall–Kier alpha value is -2.86. The van der Waals surface area contributed by atoms with E-state index in [-0.39, 0.29) is 17.8 Å². The summed E-state index contributed by atoms with van der Waals surface area (Å²) in [4.78, 5) is 6.95. The van der Waals surface area contributed by atoms with Crippen molar-refractivity contribution < 1.29 is 5.11 Å². The average Bonchev–Trinajstić information content (AvgIpc) is 3.23. The van der Waals surface area contributed by atoms with Crippen LogP contribution in [-0.4, -0.2) is 31.2 Å². The summed E-state index contributed by atoms with van der Waals surface area (Å²) in [6.45, 7) is 7.40. The smallest absolute Gasteiger partial charge is 0.170 e. The molecule has 1 aromatic carbocycles. The number of hydrogen-bond acceptors (Lipinski definition) is 3. The standard InChI is InChI=1S/C24H28N4OS/c1-4-5-14-27-23(22(26-24(27)30)21-8-6-7-13-25-21)20-15-16(2)28(17(20)3)18-9-11-19(29)12-10-18/h6-13,15,22-23,29H,4-5,14H2,1-3H3,(H,26,30)/t22-,23-/m0/s1. The first-order valence-electron chi connectivity index (χ1n) is 10.5. The number of nitrogens with zero attached hydrogens (tertiary/aromatic N) is 3. The van der Waals surface area contributed by atoms with Crippen LogP contribution < -0.4 is 5.32 Å². The summed E-state index contributed by atoms with van der Waals surface area (Å²) >= 11 is 5.75. The van der Waals surface area contributed by atoms with Gasteiger partial charge in [0.1, 0.15) is 5.75 Å². The van der Waals surface area contributed by atoms with Crippen molar-refractivity contribution in [3.05, 3.63) is 77.4 Å². The van der Waals surface area contributed by atoms with Crippen LogP contribution in [-0.2, 0) is 0 Å². The van der Waals surface area contributed by atoms with E-state index in [1.807, 2.05) is 30.5 Å². The zero-order valence-electron chi connectivity index (χ0n) is 17.7. The second-order valence-electron chi connectivity index (χ2n) is 7.85. The molecule has 6 heteroatoms. The summed E-state index contributed by atoms with van der Waals surface area (Å²) < 4.78 is 2.24. The third-order valence-corrected chi connectivity index (χ3v) is 6.20. The molecular weight excluding hydrogens is 392 g/mol. The van der Waals surface area contributed by atoms with Gasteiger partial charge in [0.05, 0.1) is 17.8 Å². The van der Waals surface area contributed by atoms with E-state index in [0.717, 1.165) is 41.6 Å². The monoisotopic (exact) mass is 420 g/mol. The molecular formula is C24H28N4OS. The molecule has 0 aliphatic carbocycles. The lowest BCUT2D eigenvalue weighted by atomic mass is 9.96. The van der Waals surface area contributed by atoms with Crippen molar-refractivity contribution in [2.45, 2.75) is 45.7 Å². The maximum atomic E-state index is 9.68. The minimum Gasteiger partial charge on any atom is -0.508 e. The highest BCUT2D eigenvalue weighted by Gasteiger charge is 2.41. The molecule has 5 nitrogen and oxygen atoms in total. The molecule has 0 saturated carbocycles. The predicted octanol–water partition coefficient (Wildman–Crippen LogP) is 4.97. The molecule has 3 heterocycles. The molecule has 0 amide bonds. The summed E-state index contributed by atoms with van der Waals surface area (Å²) in [6.07, 6.45) is 4.04. The highest BCUT2D eigenvalue weighted by atomic mass is 32.1. The van der Waals surface area contributed by atoms with Gasteiger partial charge in [-0.15, -0.1) is 0 Å². The SMILES string of the molecule is CCCCN1C(=S)N[C@@H](c2ccccn2)[C@@H]1c1cc(C)n(-c2ccc(O)cc2)c1C. The Labute approximate surface area is 183 Å². The lowest BCUT2D eigenvalue weighted by molar-refractivity contribution is 0.312. The van der Waals surface area contributed by atoms with E-state index >= 15 is 0 Å². The maximum Gasteiger partial charge on any atom is 0.170 e. The van der Waals surface area contributed by atoms with E-state index in [0.29, 0.717) is 0 Å². The lowest BCUT2D eigenvalue weighted by Gasteiger charge is -2.28. The number of nitrogens with one attached hydrogen (secondary N) is 1. The number of phenols is 1. The molecule has 0 unspecified atom stereocenters. The highest BCUT2D eigenvalue weighted by molar-refractivity contribution is 7.80. The Morgan fingerprint density at radius 2 is 1.90 bits per heavy atom. The van der Waals surface area contributed by atoms with E-state index in [9.17, 15) is 5.11 Å². The van der Waals surface area contributed by atoms with Crippen LogP contribution in [0, 0.1) is 13.8 Å². The minimum atomic E-state index is 0.00400. The largest absolute Gasteiger partial charge is 0.508 e. The van der Waals surface area contributed by atoms with Crippen molar-refractivity contribution in [2.75, 3.05) is 6.54 Å². The number of rotatable bonds is 6. The zero-order chi connectivity index (χ0) is 21.3. The van der Waals surface area contributed by atoms with Gasteiger partial charge in [0.15, 0.2) is 5.11 Å². The van der Waals surface area contributed by atoms with Crippen molar-refractivity contribution >= 4 is 17.3 Å². The third kappa shape index (κ3) is 3.67. The molecule has 0 radical (unpaired) electrons. The van der Waals surface area contributed by atoms with Crippen LogP contribution in [0.2, 0.25) is 0 Å². The number of aromatic hydroxyl groups is 1. The molecule has 156 valence electrons. The quantitative estimate of drug-likeness (QED) is 0.552. The predicted molar refractivity (Wildman–Crippen MR) is 124 cm³/mol. The Morgan fingerprint density at radius 3 is 2.57 bits per heavy atom. The van der Waals surface area contributed by atoms with Gasteiger partial charge < -0.3 is 19.9 Å². The fraction of sp³-hybridized carbons (Fsp3) is 0.333. The molecule has 2 aromatic heterocycles. The fourth-order valence-corrected chi connectivity index (χ4v) is 4.73. The first-order chi connectivity index (χ1) is 14.5. The first-order valence-corrected chi connectivity index (χ1v) is 10.9. The van der Waals surface area contributed by atoms with Gasteiger partial charge >= 0.3 is 0 Å². The van der Waals surface area contributed by atoms with Crippen molar-refractivity contribution in [3.8, 4) is 11.4 Å². The highest BCUT2D eigenvalue weighted by Crippen LogP contribution is 2.41. The molecule has 1 aliphatic heterocycles. The van der Waals surface area contributed by atoms with Gasteiger partial charge in [-0.05, 0) is 80.5 Å². The molecule has 4 rings (SSSR count). The third-order valence-electron chi connectivity index (χ3n) is 5.85.